The fraction of sp³-hybridized carbons (Fsp3) is 0.125. The van der Waals surface area contributed by atoms with Crippen molar-refractivity contribution < 1.29 is 23.9 Å². The summed E-state index contributed by atoms with van der Waals surface area (Å²) in [7, 11) is 0. The molecule has 8 nitrogen and oxygen atoms in total. The lowest BCUT2D eigenvalue weighted by Crippen LogP contribution is -2.20. The molecule has 0 saturated carbocycles. The van der Waals surface area contributed by atoms with Gasteiger partial charge in [0.25, 0.3) is 5.91 Å². The topological polar surface area (TPSA) is 126 Å². The maximum absolute atomic E-state index is 12.3. The normalized spacial score (nSPS) is 11.0. The summed E-state index contributed by atoms with van der Waals surface area (Å²) in [6.07, 6.45) is 0. The van der Waals surface area contributed by atoms with E-state index in [-0.39, 0.29) is 12.4 Å². The highest BCUT2D eigenvalue weighted by Gasteiger charge is 2.09. The van der Waals surface area contributed by atoms with E-state index in [9.17, 15) is 9.59 Å². The first kappa shape index (κ1) is 23.6. The number of nitrogens with two attached hydrogens (primary N) is 2. The number of ether oxygens (including phenoxy) is 2. The zero-order valence-corrected chi connectivity index (χ0v) is 18.5. The molecule has 0 aliphatic heterocycles. The first-order valence-corrected chi connectivity index (χ1v) is 10.2. The van der Waals surface area contributed by atoms with Crippen LogP contribution < -0.4 is 20.9 Å². The number of rotatable bonds is 9. The molecule has 0 aliphatic carbocycles. The Morgan fingerprint density at radius 1 is 0.879 bits per heavy atom. The maximum Gasteiger partial charge on any atom is 0.365 e. The van der Waals surface area contributed by atoms with Gasteiger partial charge < -0.3 is 25.8 Å². The van der Waals surface area contributed by atoms with Crippen LogP contribution in [0.2, 0.25) is 5.02 Å². The molecule has 33 heavy (non-hydrogen) atoms. The van der Waals surface area contributed by atoms with Crippen molar-refractivity contribution in [1.82, 2.24) is 0 Å². The predicted octanol–water partition coefficient (Wildman–Crippen LogP) is 3.57. The molecule has 3 rings (SSSR count). The van der Waals surface area contributed by atoms with Gasteiger partial charge in [0.1, 0.15) is 18.1 Å². The first-order valence-electron chi connectivity index (χ1n) is 9.86. The summed E-state index contributed by atoms with van der Waals surface area (Å²) < 4.78 is 10.9. The maximum atomic E-state index is 12.3. The Morgan fingerprint density at radius 3 is 2.15 bits per heavy atom. The number of aryl methyl sites for hydroxylation is 1. The van der Waals surface area contributed by atoms with Gasteiger partial charge in [-0.2, -0.15) is 0 Å². The monoisotopic (exact) mass is 467 g/mol. The Labute approximate surface area is 195 Å². The average Bonchev–Trinajstić information content (AvgIpc) is 2.82. The number of halogens is 1. The highest BCUT2D eigenvalue weighted by Crippen LogP contribution is 2.22. The summed E-state index contributed by atoms with van der Waals surface area (Å²) in [5, 5.41) is 4.36. The number of oxime groups is 1. The number of carbonyl (C=O) groups excluding carboxylic acids is 2. The highest BCUT2D eigenvalue weighted by molar-refractivity contribution is 6.31. The van der Waals surface area contributed by atoms with E-state index in [1.165, 1.54) is 0 Å². The summed E-state index contributed by atoms with van der Waals surface area (Å²) in [6.45, 7) is 2.01. The fourth-order valence-corrected chi connectivity index (χ4v) is 2.80. The molecule has 0 fully saturated rings. The summed E-state index contributed by atoms with van der Waals surface area (Å²) in [5.41, 5.74) is 13.5. The molecule has 170 valence electrons. The molecule has 0 heterocycles. The van der Waals surface area contributed by atoms with Gasteiger partial charge in [-0.1, -0.05) is 28.9 Å². The van der Waals surface area contributed by atoms with Gasteiger partial charge in [0.05, 0.1) is 5.56 Å². The van der Waals surface area contributed by atoms with E-state index in [1.54, 1.807) is 60.7 Å². The Balaban J connectivity index is 1.53. The Morgan fingerprint density at radius 2 is 1.52 bits per heavy atom. The van der Waals surface area contributed by atoms with Gasteiger partial charge in [0.2, 0.25) is 0 Å². The molecule has 4 N–H and O–H groups in total. The van der Waals surface area contributed by atoms with Crippen molar-refractivity contribution >= 4 is 29.3 Å². The van der Waals surface area contributed by atoms with Gasteiger partial charge in [-0.25, -0.2) is 4.79 Å². The van der Waals surface area contributed by atoms with Crippen molar-refractivity contribution in [3.05, 3.63) is 94.0 Å². The highest BCUT2D eigenvalue weighted by atomic mass is 35.5. The molecular formula is C24H22ClN3O5. The van der Waals surface area contributed by atoms with E-state index < -0.39 is 11.9 Å². The third kappa shape index (κ3) is 6.98. The van der Waals surface area contributed by atoms with Crippen LogP contribution in [0.3, 0.4) is 0 Å². The second kappa shape index (κ2) is 11.0. The molecule has 0 aromatic heterocycles. The number of hydrogen-bond donors (Lipinski definition) is 2. The van der Waals surface area contributed by atoms with Gasteiger partial charge in [-0.3, -0.25) is 4.79 Å². The molecular weight excluding hydrogens is 446 g/mol. The minimum Gasteiger partial charge on any atom is -0.489 e. The van der Waals surface area contributed by atoms with E-state index in [4.69, 9.17) is 37.4 Å². The number of hydrogen-bond acceptors (Lipinski definition) is 6. The summed E-state index contributed by atoms with van der Waals surface area (Å²) in [6, 6.07) is 18.6. The van der Waals surface area contributed by atoms with Gasteiger partial charge in [-0.15, -0.1) is 0 Å². The number of amidine groups is 1. The number of amides is 1. The zero-order chi connectivity index (χ0) is 23.8. The van der Waals surface area contributed by atoms with Gasteiger partial charge in [0.15, 0.2) is 12.4 Å². The molecule has 0 radical (unpaired) electrons. The molecule has 1 amide bonds. The molecule has 0 spiro atoms. The van der Waals surface area contributed by atoms with Crippen LogP contribution in [0.15, 0.2) is 71.9 Å². The quantitative estimate of drug-likeness (QED) is 0.214. The van der Waals surface area contributed by atoms with Crippen LogP contribution in [0.5, 0.6) is 11.5 Å². The van der Waals surface area contributed by atoms with Crippen molar-refractivity contribution in [3.8, 4) is 11.5 Å². The van der Waals surface area contributed by atoms with Crippen molar-refractivity contribution in [1.29, 1.82) is 0 Å². The van der Waals surface area contributed by atoms with Crippen molar-refractivity contribution in [2.75, 3.05) is 6.61 Å². The molecule has 3 aromatic carbocycles. The summed E-state index contributed by atoms with van der Waals surface area (Å²) in [5.74, 6) is -0.0761. The van der Waals surface area contributed by atoms with E-state index >= 15 is 0 Å². The number of nitrogens with zero attached hydrogens (tertiary/aromatic N) is 1. The van der Waals surface area contributed by atoms with Gasteiger partial charge in [-0.05, 0) is 72.6 Å². The predicted molar refractivity (Wildman–Crippen MR) is 124 cm³/mol. The van der Waals surface area contributed by atoms with Gasteiger partial charge in [0, 0.05) is 10.6 Å². The van der Waals surface area contributed by atoms with Crippen LogP contribution in [0, 0.1) is 6.92 Å². The zero-order valence-electron chi connectivity index (χ0n) is 17.8. The lowest BCUT2D eigenvalue weighted by atomic mass is 10.1. The third-order valence-corrected chi connectivity index (χ3v) is 4.91. The van der Waals surface area contributed by atoms with E-state index in [0.717, 1.165) is 11.1 Å². The van der Waals surface area contributed by atoms with Crippen LogP contribution in [-0.4, -0.2) is 24.3 Å². The van der Waals surface area contributed by atoms with Gasteiger partial charge >= 0.3 is 5.97 Å². The second-order valence-electron chi connectivity index (χ2n) is 7.03. The van der Waals surface area contributed by atoms with Crippen LogP contribution in [0.25, 0.3) is 0 Å². The molecule has 0 aliphatic rings. The SMILES string of the molecule is Cc1cc(OCc2ccc(C(=O)O/N=C(\N)c3ccc(OCC(N)=O)cc3)cc2)ccc1Cl. The first-order chi connectivity index (χ1) is 15.8. The Bertz CT molecular complexity index is 1160. The Kier molecular flexibility index (Phi) is 7.88. The number of primary amides is 1. The summed E-state index contributed by atoms with van der Waals surface area (Å²) in [4.78, 5) is 27.9. The molecule has 0 unspecified atom stereocenters. The largest absolute Gasteiger partial charge is 0.489 e. The Hall–Kier alpha value is -4.04. The minimum atomic E-state index is -0.653. The van der Waals surface area contributed by atoms with Crippen molar-refractivity contribution in [2.24, 2.45) is 16.6 Å². The third-order valence-electron chi connectivity index (χ3n) is 4.48. The molecule has 0 saturated heterocycles. The molecule has 9 heteroatoms. The van der Waals surface area contributed by atoms with Crippen LogP contribution in [-0.2, 0) is 16.2 Å². The fourth-order valence-electron chi connectivity index (χ4n) is 2.68. The van der Waals surface area contributed by atoms with Crippen LogP contribution in [0.4, 0.5) is 0 Å². The number of benzene rings is 3. The second-order valence-corrected chi connectivity index (χ2v) is 7.44. The van der Waals surface area contributed by atoms with E-state index in [0.29, 0.717) is 34.3 Å². The average molecular weight is 468 g/mol. The van der Waals surface area contributed by atoms with Crippen LogP contribution in [0.1, 0.15) is 27.0 Å². The van der Waals surface area contributed by atoms with Crippen LogP contribution >= 0.6 is 11.6 Å². The number of carbonyl (C=O) groups is 2. The van der Waals surface area contributed by atoms with E-state index in [2.05, 4.69) is 5.16 Å². The molecule has 0 bridgehead atoms. The minimum absolute atomic E-state index is 0.00748. The van der Waals surface area contributed by atoms with Crippen molar-refractivity contribution in [2.45, 2.75) is 13.5 Å². The summed E-state index contributed by atoms with van der Waals surface area (Å²) >= 11 is 6.02. The molecule has 3 aromatic rings. The standard InChI is InChI=1S/C24H22ClN3O5/c1-15-12-20(10-11-21(15)25)31-13-16-2-4-18(5-3-16)24(30)33-28-23(27)17-6-8-19(9-7-17)32-14-22(26)29/h2-12H,13-14H2,1H3,(H2,26,29)(H2,27,28). The smallest absolute Gasteiger partial charge is 0.365 e. The lowest BCUT2D eigenvalue weighted by Gasteiger charge is -2.08. The molecule has 0 atom stereocenters. The lowest BCUT2D eigenvalue weighted by molar-refractivity contribution is -0.119. The van der Waals surface area contributed by atoms with Crippen molar-refractivity contribution in [3.63, 3.8) is 0 Å². The van der Waals surface area contributed by atoms with E-state index in [1.807, 2.05) is 13.0 Å².